The van der Waals surface area contributed by atoms with Crippen molar-refractivity contribution in [3.8, 4) is 0 Å². The number of benzene rings is 1. The molecule has 0 aliphatic carbocycles. The van der Waals surface area contributed by atoms with E-state index in [2.05, 4.69) is 27.4 Å². The fourth-order valence-corrected chi connectivity index (χ4v) is 1.31. The fourth-order valence-electron chi connectivity index (χ4n) is 1.31. The van der Waals surface area contributed by atoms with Crippen LogP contribution in [0.25, 0.3) is 0 Å². The van der Waals surface area contributed by atoms with Crippen LogP contribution in [0.5, 0.6) is 0 Å². The highest BCUT2D eigenvalue weighted by Gasteiger charge is 2.02. The van der Waals surface area contributed by atoms with E-state index >= 15 is 0 Å². The van der Waals surface area contributed by atoms with Gasteiger partial charge in [-0.1, -0.05) is 30.3 Å². The summed E-state index contributed by atoms with van der Waals surface area (Å²) in [6, 6.07) is 11.9. The lowest BCUT2D eigenvalue weighted by Crippen LogP contribution is -2.31. The van der Waals surface area contributed by atoms with Crippen LogP contribution < -0.4 is 5.32 Å². The maximum atomic E-state index is 4.99. The quantitative estimate of drug-likeness (QED) is 0.832. The van der Waals surface area contributed by atoms with Crippen LogP contribution in [0.1, 0.15) is 5.56 Å². The molecular formula is C14H19N3O2. The lowest BCUT2D eigenvalue weighted by atomic mass is 10.2. The molecule has 1 N–H and O–H groups in total. The Labute approximate surface area is 113 Å². The van der Waals surface area contributed by atoms with Gasteiger partial charge in [-0.15, -0.1) is 0 Å². The second-order valence-corrected chi connectivity index (χ2v) is 3.57. The van der Waals surface area contributed by atoms with Crippen LogP contribution in [-0.4, -0.2) is 30.6 Å². The van der Waals surface area contributed by atoms with Gasteiger partial charge in [0.1, 0.15) is 6.33 Å². The summed E-state index contributed by atoms with van der Waals surface area (Å²) in [6.07, 6.45) is 4.54. The molecule has 1 aromatic heterocycles. The Morgan fingerprint density at radius 3 is 2.05 bits per heavy atom. The summed E-state index contributed by atoms with van der Waals surface area (Å²) in [7, 11) is 3.21. The molecule has 1 heterocycles. The second kappa shape index (κ2) is 10.1. The van der Waals surface area contributed by atoms with Gasteiger partial charge in [0.25, 0.3) is 0 Å². The predicted molar refractivity (Wildman–Crippen MR) is 73.1 cm³/mol. The molecule has 5 nitrogen and oxygen atoms in total. The lowest BCUT2D eigenvalue weighted by molar-refractivity contribution is -0.124. The highest BCUT2D eigenvalue weighted by Crippen LogP contribution is 1.98. The Morgan fingerprint density at radius 1 is 1.00 bits per heavy atom. The van der Waals surface area contributed by atoms with E-state index in [1.807, 2.05) is 18.2 Å². The van der Waals surface area contributed by atoms with E-state index in [-0.39, 0.29) is 6.41 Å². The molecule has 0 aliphatic heterocycles. The highest BCUT2D eigenvalue weighted by molar-refractivity contribution is 5.14. The summed E-state index contributed by atoms with van der Waals surface area (Å²) in [4.78, 5) is 7.35. The van der Waals surface area contributed by atoms with Gasteiger partial charge in [0, 0.05) is 33.2 Å². The standard InChI is InChI=1S/C10H15NO2.C4H4N2/c1-12-10(13-2)11-8-9-6-4-3-5-7-9;1-2-5-4-6-3-1/h3-7,10-11H,8H2,1-2H3;1-4H. The number of nitrogens with one attached hydrogen (secondary N) is 1. The van der Waals surface area contributed by atoms with Crippen molar-refractivity contribution in [3.05, 3.63) is 60.7 Å². The number of nitrogens with zero attached hydrogens (tertiary/aromatic N) is 2. The summed E-state index contributed by atoms with van der Waals surface area (Å²) < 4.78 is 9.98. The smallest absolute Gasteiger partial charge is 0.215 e. The zero-order valence-corrected chi connectivity index (χ0v) is 11.2. The van der Waals surface area contributed by atoms with Gasteiger partial charge in [-0.2, -0.15) is 0 Å². The Balaban J connectivity index is 0.000000250. The number of hydrogen-bond donors (Lipinski definition) is 1. The summed E-state index contributed by atoms with van der Waals surface area (Å²) in [5.74, 6) is 0. The maximum absolute atomic E-state index is 4.99. The van der Waals surface area contributed by atoms with E-state index in [1.165, 1.54) is 11.9 Å². The van der Waals surface area contributed by atoms with Gasteiger partial charge in [0.2, 0.25) is 6.41 Å². The van der Waals surface area contributed by atoms with E-state index < -0.39 is 0 Å². The van der Waals surface area contributed by atoms with E-state index in [0.29, 0.717) is 0 Å². The van der Waals surface area contributed by atoms with Crippen LogP contribution in [0, 0.1) is 0 Å². The Morgan fingerprint density at radius 2 is 1.63 bits per heavy atom. The number of hydrogen-bond acceptors (Lipinski definition) is 5. The Hall–Kier alpha value is -1.82. The van der Waals surface area contributed by atoms with E-state index in [9.17, 15) is 0 Å². The molecular weight excluding hydrogens is 242 g/mol. The minimum atomic E-state index is -0.333. The van der Waals surface area contributed by atoms with Gasteiger partial charge in [0.15, 0.2) is 0 Å². The van der Waals surface area contributed by atoms with Crippen molar-refractivity contribution in [1.82, 2.24) is 15.3 Å². The van der Waals surface area contributed by atoms with Gasteiger partial charge < -0.3 is 9.47 Å². The Bertz CT molecular complexity index is 381. The topological polar surface area (TPSA) is 56.3 Å². The van der Waals surface area contributed by atoms with Gasteiger partial charge in [0.05, 0.1) is 0 Å². The van der Waals surface area contributed by atoms with E-state index in [1.54, 1.807) is 32.7 Å². The van der Waals surface area contributed by atoms with Gasteiger partial charge >= 0.3 is 0 Å². The van der Waals surface area contributed by atoms with Crippen molar-refractivity contribution in [2.75, 3.05) is 14.2 Å². The highest BCUT2D eigenvalue weighted by atomic mass is 16.7. The lowest BCUT2D eigenvalue weighted by Gasteiger charge is -2.14. The van der Waals surface area contributed by atoms with Crippen LogP contribution in [0.3, 0.4) is 0 Å². The molecule has 5 heteroatoms. The number of methoxy groups -OCH3 is 2. The monoisotopic (exact) mass is 261 g/mol. The molecule has 0 bridgehead atoms. The van der Waals surface area contributed by atoms with Gasteiger partial charge in [-0.3, -0.25) is 5.32 Å². The molecule has 0 fully saturated rings. The van der Waals surface area contributed by atoms with Crippen molar-refractivity contribution < 1.29 is 9.47 Å². The average Bonchev–Trinajstić information content (AvgIpc) is 2.52. The van der Waals surface area contributed by atoms with Crippen LogP contribution in [0.2, 0.25) is 0 Å². The molecule has 102 valence electrons. The summed E-state index contributed by atoms with van der Waals surface area (Å²) >= 11 is 0. The molecule has 0 amide bonds. The van der Waals surface area contributed by atoms with Gasteiger partial charge in [-0.05, 0) is 11.6 Å². The molecule has 0 saturated carbocycles. The Kier molecular flexibility index (Phi) is 8.13. The second-order valence-electron chi connectivity index (χ2n) is 3.57. The molecule has 0 spiro atoms. The van der Waals surface area contributed by atoms with Gasteiger partial charge in [-0.25, -0.2) is 9.97 Å². The largest absolute Gasteiger partial charge is 0.343 e. The van der Waals surface area contributed by atoms with Crippen molar-refractivity contribution >= 4 is 0 Å². The first-order chi connectivity index (χ1) is 9.36. The SMILES string of the molecule is COC(NCc1ccccc1)OC.c1cncnc1. The van der Waals surface area contributed by atoms with Crippen molar-refractivity contribution in [2.45, 2.75) is 13.0 Å². The summed E-state index contributed by atoms with van der Waals surface area (Å²) in [5.41, 5.74) is 1.21. The number of aromatic nitrogens is 2. The van der Waals surface area contributed by atoms with E-state index in [0.717, 1.165) is 6.54 Å². The van der Waals surface area contributed by atoms with Crippen LogP contribution in [0.4, 0.5) is 0 Å². The zero-order chi connectivity index (χ0) is 13.8. The third-order valence-electron chi connectivity index (χ3n) is 2.22. The normalized spacial score (nSPS) is 9.84. The molecule has 0 unspecified atom stereocenters. The molecule has 2 aromatic rings. The first-order valence-electron chi connectivity index (χ1n) is 5.89. The molecule has 0 saturated heterocycles. The average molecular weight is 261 g/mol. The molecule has 19 heavy (non-hydrogen) atoms. The van der Waals surface area contributed by atoms with Crippen LogP contribution in [-0.2, 0) is 16.0 Å². The molecule has 0 atom stereocenters. The molecule has 1 aromatic carbocycles. The summed E-state index contributed by atoms with van der Waals surface area (Å²) in [6.45, 7) is 0.743. The first-order valence-corrected chi connectivity index (χ1v) is 5.89. The zero-order valence-electron chi connectivity index (χ0n) is 11.2. The molecule has 2 rings (SSSR count). The van der Waals surface area contributed by atoms with Crippen molar-refractivity contribution in [2.24, 2.45) is 0 Å². The van der Waals surface area contributed by atoms with Crippen molar-refractivity contribution in [3.63, 3.8) is 0 Å². The minimum Gasteiger partial charge on any atom is -0.343 e. The van der Waals surface area contributed by atoms with Crippen LogP contribution >= 0.6 is 0 Å². The number of ether oxygens (including phenoxy) is 2. The predicted octanol–water partition coefficient (Wildman–Crippen LogP) is 1.83. The van der Waals surface area contributed by atoms with Crippen molar-refractivity contribution in [1.29, 1.82) is 0 Å². The third kappa shape index (κ3) is 7.25. The molecule has 0 aliphatic rings. The van der Waals surface area contributed by atoms with E-state index in [4.69, 9.17) is 9.47 Å². The summed E-state index contributed by atoms with van der Waals surface area (Å²) in [5, 5.41) is 3.09. The first kappa shape index (κ1) is 15.2. The molecule has 0 radical (unpaired) electrons. The maximum Gasteiger partial charge on any atom is 0.215 e. The third-order valence-corrected chi connectivity index (χ3v) is 2.22. The minimum absolute atomic E-state index is 0.333. The van der Waals surface area contributed by atoms with Crippen LogP contribution in [0.15, 0.2) is 55.1 Å². The fraction of sp³-hybridized carbons (Fsp3) is 0.286. The number of rotatable bonds is 5.